The predicted octanol–water partition coefficient (Wildman–Crippen LogP) is 3.34. The molecule has 23 heavy (non-hydrogen) atoms. The molecule has 6 heteroatoms. The second-order valence-corrected chi connectivity index (χ2v) is 6.69. The van der Waals surface area contributed by atoms with Gasteiger partial charge in [0.25, 0.3) is 0 Å². The van der Waals surface area contributed by atoms with Gasteiger partial charge in [-0.15, -0.1) is 11.3 Å². The van der Waals surface area contributed by atoms with Gasteiger partial charge in [0.05, 0.1) is 0 Å². The molecule has 0 radical (unpaired) electrons. The van der Waals surface area contributed by atoms with Crippen LogP contribution in [0.25, 0.3) is 0 Å². The molecule has 1 fully saturated rings. The summed E-state index contributed by atoms with van der Waals surface area (Å²) in [6.45, 7) is 4.00. The van der Waals surface area contributed by atoms with Crippen LogP contribution in [0, 0.1) is 5.82 Å². The number of nitrogens with one attached hydrogen (secondary N) is 2. The second kappa shape index (κ2) is 8.26. The van der Waals surface area contributed by atoms with E-state index in [1.54, 1.807) is 17.4 Å². The molecule has 0 unspecified atom stereocenters. The van der Waals surface area contributed by atoms with Crippen molar-refractivity contribution < 1.29 is 4.39 Å². The fourth-order valence-electron chi connectivity index (χ4n) is 2.87. The van der Waals surface area contributed by atoms with Crippen LogP contribution >= 0.6 is 11.3 Å². The largest absolute Gasteiger partial charge is 0.385 e. The number of anilines is 2. The van der Waals surface area contributed by atoms with E-state index in [4.69, 9.17) is 0 Å². The summed E-state index contributed by atoms with van der Waals surface area (Å²) in [4.78, 5) is 6.74. The SMILES string of the molecule is Fc1cccc(NCCCNC2CCN(c3nccs3)CC2)c1. The first-order chi connectivity index (χ1) is 11.3. The molecule has 1 saturated heterocycles. The van der Waals surface area contributed by atoms with E-state index in [-0.39, 0.29) is 5.82 Å². The van der Waals surface area contributed by atoms with Crippen molar-refractivity contribution in [1.82, 2.24) is 10.3 Å². The molecule has 0 amide bonds. The van der Waals surface area contributed by atoms with Crippen molar-refractivity contribution >= 4 is 22.2 Å². The minimum atomic E-state index is -0.194. The molecule has 0 bridgehead atoms. The number of thiazole rings is 1. The lowest BCUT2D eigenvalue weighted by atomic mass is 10.1. The number of hydrogen-bond acceptors (Lipinski definition) is 5. The van der Waals surface area contributed by atoms with Crippen LogP contribution in [0.4, 0.5) is 15.2 Å². The Bertz CT molecular complexity index is 582. The first-order valence-corrected chi connectivity index (χ1v) is 9.06. The van der Waals surface area contributed by atoms with Crippen molar-refractivity contribution in [2.45, 2.75) is 25.3 Å². The third-order valence-corrected chi connectivity index (χ3v) is 4.96. The molecule has 0 saturated carbocycles. The van der Waals surface area contributed by atoms with Gasteiger partial charge in [-0.05, 0) is 44.0 Å². The second-order valence-electron chi connectivity index (χ2n) is 5.82. The lowest BCUT2D eigenvalue weighted by molar-refractivity contribution is 0.414. The van der Waals surface area contributed by atoms with Crippen LogP contribution in [0.5, 0.6) is 0 Å². The molecule has 4 nitrogen and oxygen atoms in total. The Morgan fingerprint density at radius 1 is 1.26 bits per heavy atom. The van der Waals surface area contributed by atoms with Crippen LogP contribution < -0.4 is 15.5 Å². The highest BCUT2D eigenvalue weighted by molar-refractivity contribution is 7.13. The van der Waals surface area contributed by atoms with Crippen LogP contribution in [-0.4, -0.2) is 37.2 Å². The summed E-state index contributed by atoms with van der Waals surface area (Å²) in [5.74, 6) is -0.194. The Labute approximate surface area is 140 Å². The minimum Gasteiger partial charge on any atom is -0.385 e. The normalized spacial score (nSPS) is 15.8. The zero-order chi connectivity index (χ0) is 15.9. The minimum absolute atomic E-state index is 0.194. The molecular formula is C17H23FN4S. The van der Waals surface area contributed by atoms with Gasteiger partial charge in [0.2, 0.25) is 0 Å². The summed E-state index contributed by atoms with van der Waals surface area (Å²) in [5.41, 5.74) is 0.849. The maximum atomic E-state index is 13.1. The summed E-state index contributed by atoms with van der Waals surface area (Å²) in [6.07, 6.45) is 5.23. The van der Waals surface area contributed by atoms with Gasteiger partial charge in [-0.2, -0.15) is 0 Å². The Kier molecular flexibility index (Phi) is 5.82. The molecule has 0 aliphatic carbocycles. The monoisotopic (exact) mass is 334 g/mol. The molecule has 2 N–H and O–H groups in total. The van der Waals surface area contributed by atoms with Crippen LogP contribution in [0.1, 0.15) is 19.3 Å². The highest BCUT2D eigenvalue weighted by Crippen LogP contribution is 2.21. The van der Waals surface area contributed by atoms with Crippen molar-refractivity contribution in [3.05, 3.63) is 41.7 Å². The number of piperidine rings is 1. The fraction of sp³-hybridized carbons (Fsp3) is 0.471. The van der Waals surface area contributed by atoms with E-state index in [0.29, 0.717) is 6.04 Å². The van der Waals surface area contributed by atoms with Gasteiger partial charge in [0.15, 0.2) is 5.13 Å². The van der Waals surface area contributed by atoms with Gasteiger partial charge in [-0.1, -0.05) is 6.07 Å². The topological polar surface area (TPSA) is 40.2 Å². The van der Waals surface area contributed by atoms with Crippen molar-refractivity contribution in [2.75, 3.05) is 36.4 Å². The van der Waals surface area contributed by atoms with Gasteiger partial charge >= 0.3 is 0 Å². The van der Waals surface area contributed by atoms with Gasteiger partial charge in [0.1, 0.15) is 5.82 Å². The number of benzene rings is 1. The smallest absolute Gasteiger partial charge is 0.185 e. The van der Waals surface area contributed by atoms with Gasteiger partial charge < -0.3 is 15.5 Å². The highest BCUT2D eigenvalue weighted by Gasteiger charge is 2.19. The fourth-order valence-corrected chi connectivity index (χ4v) is 3.57. The lowest BCUT2D eigenvalue weighted by Crippen LogP contribution is -2.43. The van der Waals surface area contributed by atoms with Crippen LogP contribution in [-0.2, 0) is 0 Å². The first kappa shape index (κ1) is 16.2. The van der Waals surface area contributed by atoms with E-state index in [1.165, 1.54) is 12.1 Å². The molecule has 0 spiro atoms. The van der Waals surface area contributed by atoms with Crippen molar-refractivity contribution in [1.29, 1.82) is 0 Å². The molecular weight excluding hydrogens is 311 g/mol. The molecule has 2 heterocycles. The van der Waals surface area contributed by atoms with E-state index in [2.05, 4.69) is 20.5 Å². The maximum absolute atomic E-state index is 13.1. The van der Waals surface area contributed by atoms with E-state index in [1.807, 2.05) is 17.6 Å². The zero-order valence-electron chi connectivity index (χ0n) is 13.2. The summed E-state index contributed by atoms with van der Waals surface area (Å²) in [6, 6.07) is 7.21. The molecule has 1 aliphatic heterocycles. The average Bonchev–Trinajstić information content (AvgIpc) is 3.10. The van der Waals surface area contributed by atoms with Crippen LogP contribution in [0.3, 0.4) is 0 Å². The summed E-state index contributed by atoms with van der Waals surface area (Å²) < 4.78 is 13.1. The molecule has 1 aromatic heterocycles. The average molecular weight is 334 g/mol. The Hall–Kier alpha value is -1.66. The number of aromatic nitrogens is 1. The molecule has 1 aliphatic rings. The highest BCUT2D eigenvalue weighted by atomic mass is 32.1. The number of halogens is 1. The van der Waals surface area contributed by atoms with E-state index < -0.39 is 0 Å². The molecule has 2 aromatic rings. The molecule has 124 valence electrons. The quantitative estimate of drug-likeness (QED) is 0.762. The molecule has 3 rings (SSSR count). The Morgan fingerprint density at radius 2 is 2.13 bits per heavy atom. The van der Waals surface area contributed by atoms with Gasteiger partial charge in [0, 0.05) is 42.9 Å². The van der Waals surface area contributed by atoms with E-state index >= 15 is 0 Å². The number of hydrogen-bond donors (Lipinski definition) is 2. The summed E-state index contributed by atoms with van der Waals surface area (Å²) in [7, 11) is 0. The van der Waals surface area contributed by atoms with Gasteiger partial charge in [-0.3, -0.25) is 0 Å². The number of nitrogens with zero attached hydrogens (tertiary/aromatic N) is 2. The van der Waals surface area contributed by atoms with Crippen molar-refractivity contribution in [2.24, 2.45) is 0 Å². The standard InChI is InChI=1S/C17H23FN4S/c18-14-3-1-4-16(13-14)20-8-2-7-19-15-5-10-22(11-6-15)17-21-9-12-23-17/h1,3-4,9,12-13,15,19-20H,2,5-8,10-11H2. The summed E-state index contributed by atoms with van der Waals surface area (Å²) >= 11 is 1.71. The Morgan fingerprint density at radius 3 is 2.87 bits per heavy atom. The van der Waals surface area contributed by atoms with E-state index in [0.717, 1.165) is 56.3 Å². The van der Waals surface area contributed by atoms with Crippen molar-refractivity contribution in [3.63, 3.8) is 0 Å². The van der Waals surface area contributed by atoms with Gasteiger partial charge in [-0.25, -0.2) is 9.37 Å². The number of rotatable bonds is 7. The molecule has 1 aromatic carbocycles. The Balaban J connectivity index is 1.28. The van der Waals surface area contributed by atoms with Crippen molar-refractivity contribution in [3.8, 4) is 0 Å². The maximum Gasteiger partial charge on any atom is 0.185 e. The predicted molar refractivity (Wildman–Crippen MR) is 94.9 cm³/mol. The van der Waals surface area contributed by atoms with E-state index in [9.17, 15) is 4.39 Å². The third kappa shape index (κ3) is 4.91. The zero-order valence-corrected chi connectivity index (χ0v) is 14.0. The first-order valence-electron chi connectivity index (χ1n) is 8.18. The lowest BCUT2D eigenvalue weighted by Gasteiger charge is -2.32. The molecule has 0 atom stereocenters. The third-order valence-electron chi connectivity index (χ3n) is 4.13. The van der Waals surface area contributed by atoms with Crippen LogP contribution in [0.2, 0.25) is 0 Å². The van der Waals surface area contributed by atoms with Crippen LogP contribution in [0.15, 0.2) is 35.8 Å². The summed E-state index contributed by atoms with van der Waals surface area (Å²) in [5, 5.41) is 10.1.